The van der Waals surface area contributed by atoms with Crippen LogP contribution in [0.3, 0.4) is 0 Å². The highest BCUT2D eigenvalue weighted by Crippen LogP contribution is 2.28. The summed E-state index contributed by atoms with van der Waals surface area (Å²) in [4.78, 5) is 22.5. The minimum atomic E-state index is -0.0929. The Morgan fingerprint density at radius 3 is 2.80 bits per heavy atom. The Labute approximate surface area is 204 Å². The topological polar surface area (TPSA) is 102 Å². The molecule has 9 heteroatoms. The van der Waals surface area contributed by atoms with Gasteiger partial charge in [-0.25, -0.2) is 4.68 Å². The molecule has 0 atom stereocenters. The molecular weight excluding hydrogens is 442 g/mol. The lowest BCUT2D eigenvalue weighted by atomic mass is 9.95. The second kappa shape index (κ2) is 10.8. The lowest BCUT2D eigenvalue weighted by molar-refractivity contribution is 0.225. The molecule has 0 unspecified atom stereocenters. The Balaban J connectivity index is 1.44. The van der Waals surface area contributed by atoms with Crippen molar-refractivity contribution < 1.29 is 4.74 Å². The average Bonchev–Trinajstić information content (AvgIpc) is 3.34. The average molecular weight is 474 g/mol. The molecular formula is C26H31N7O2. The first kappa shape index (κ1) is 23.2. The first-order valence-corrected chi connectivity index (χ1v) is 12.4. The predicted molar refractivity (Wildman–Crippen MR) is 133 cm³/mol. The molecule has 4 aromatic rings. The van der Waals surface area contributed by atoms with Gasteiger partial charge < -0.3 is 9.72 Å². The molecule has 1 aliphatic rings. The zero-order chi connectivity index (χ0) is 24.0. The van der Waals surface area contributed by atoms with E-state index in [9.17, 15) is 4.79 Å². The van der Waals surface area contributed by atoms with Crippen molar-refractivity contribution in [3.63, 3.8) is 0 Å². The first-order chi connectivity index (χ1) is 17.2. The van der Waals surface area contributed by atoms with Crippen LogP contribution in [0.5, 0.6) is 5.75 Å². The molecule has 182 valence electrons. The number of rotatable bonds is 9. The number of hydrogen-bond donors (Lipinski definition) is 1. The summed E-state index contributed by atoms with van der Waals surface area (Å²) in [6, 6.07) is 12.0. The summed E-state index contributed by atoms with van der Waals surface area (Å²) < 4.78 is 7.65. The fourth-order valence-corrected chi connectivity index (χ4v) is 4.89. The number of nitrogens with one attached hydrogen (secondary N) is 1. The van der Waals surface area contributed by atoms with Gasteiger partial charge >= 0.3 is 0 Å². The van der Waals surface area contributed by atoms with E-state index in [-0.39, 0.29) is 5.56 Å². The van der Waals surface area contributed by atoms with Crippen LogP contribution in [0.2, 0.25) is 0 Å². The first-order valence-electron chi connectivity index (χ1n) is 12.4. The number of nitrogens with zero attached hydrogens (tertiary/aromatic N) is 6. The number of benzene rings is 1. The van der Waals surface area contributed by atoms with Gasteiger partial charge in [0.1, 0.15) is 5.75 Å². The number of H-pyrrole nitrogens is 1. The van der Waals surface area contributed by atoms with Crippen molar-refractivity contribution in [2.75, 3.05) is 6.61 Å². The standard InChI is InChI=1S/C26H31N7O2/c1-2-35-23-10-11-24-20(14-23)13-21(26(34)28-24)17-32(16-19-7-6-12-27-15-19)18-25-29-30-31-33(25)22-8-4-3-5-9-22/h6-7,10-15,22H,2-5,8-9,16-18H2,1H3,(H,28,34). The van der Waals surface area contributed by atoms with Crippen molar-refractivity contribution in [1.82, 2.24) is 35.1 Å². The third kappa shape index (κ3) is 5.57. The minimum absolute atomic E-state index is 0.0929. The van der Waals surface area contributed by atoms with Gasteiger partial charge in [0.25, 0.3) is 5.56 Å². The molecule has 1 fully saturated rings. The van der Waals surface area contributed by atoms with E-state index in [1.807, 2.05) is 54.2 Å². The lowest BCUT2D eigenvalue weighted by Gasteiger charge is -2.25. The highest BCUT2D eigenvalue weighted by molar-refractivity contribution is 5.80. The molecule has 0 aliphatic heterocycles. The van der Waals surface area contributed by atoms with Gasteiger partial charge in [-0.2, -0.15) is 0 Å². The molecule has 5 rings (SSSR count). The molecule has 0 spiro atoms. The van der Waals surface area contributed by atoms with E-state index in [1.54, 1.807) is 6.20 Å². The van der Waals surface area contributed by atoms with Gasteiger partial charge in [0, 0.05) is 41.9 Å². The molecule has 3 aromatic heterocycles. The van der Waals surface area contributed by atoms with Crippen molar-refractivity contribution in [1.29, 1.82) is 0 Å². The van der Waals surface area contributed by atoms with Crippen molar-refractivity contribution in [2.24, 2.45) is 0 Å². The molecule has 1 N–H and O–H groups in total. The summed E-state index contributed by atoms with van der Waals surface area (Å²) in [5, 5.41) is 13.6. The predicted octanol–water partition coefficient (Wildman–Crippen LogP) is 4.02. The van der Waals surface area contributed by atoms with Crippen LogP contribution in [0.25, 0.3) is 10.9 Å². The van der Waals surface area contributed by atoms with Gasteiger partial charge in [-0.1, -0.05) is 25.3 Å². The highest BCUT2D eigenvalue weighted by atomic mass is 16.5. The maximum atomic E-state index is 13.0. The maximum Gasteiger partial charge on any atom is 0.252 e. The van der Waals surface area contributed by atoms with Crippen LogP contribution in [0.15, 0.2) is 53.6 Å². The van der Waals surface area contributed by atoms with Gasteiger partial charge in [0.15, 0.2) is 5.82 Å². The summed E-state index contributed by atoms with van der Waals surface area (Å²) >= 11 is 0. The zero-order valence-electron chi connectivity index (χ0n) is 20.1. The molecule has 1 saturated carbocycles. The second-order valence-corrected chi connectivity index (χ2v) is 9.14. The Hall–Kier alpha value is -3.59. The maximum absolute atomic E-state index is 13.0. The van der Waals surface area contributed by atoms with Crippen LogP contribution in [0, 0.1) is 0 Å². The number of aromatic amines is 1. The van der Waals surface area contributed by atoms with Crippen LogP contribution in [0.4, 0.5) is 0 Å². The van der Waals surface area contributed by atoms with Gasteiger partial charge in [-0.15, -0.1) is 5.10 Å². The molecule has 9 nitrogen and oxygen atoms in total. The largest absolute Gasteiger partial charge is 0.494 e. The van der Waals surface area contributed by atoms with Crippen LogP contribution in [-0.2, 0) is 19.6 Å². The summed E-state index contributed by atoms with van der Waals surface area (Å²) in [7, 11) is 0. The van der Waals surface area contributed by atoms with E-state index in [0.717, 1.165) is 40.9 Å². The summed E-state index contributed by atoms with van der Waals surface area (Å²) in [6.45, 7) is 4.17. The normalized spacial score (nSPS) is 14.6. The van der Waals surface area contributed by atoms with Crippen LogP contribution < -0.4 is 10.3 Å². The number of hydrogen-bond acceptors (Lipinski definition) is 7. The number of aromatic nitrogens is 6. The van der Waals surface area contributed by atoms with Crippen molar-refractivity contribution in [2.45, 2.75) is 64.7 Å². The van der Waals surface area contributed by atoms with Crippen LogP contribution in [-0.4, -0.2) is 41.7 Å². The van der Waals surface area contributed by atoms with E-state index in [1.165, 1.54) is 19.3 Å². The Kier molecular flexibility index (Phi) is 7.13. The Morgan fingerprint density at radius 1 is 1.11 bits per heavy atom. The SMILES string of the molecule is CCOc1ccc2[nH]c(=O)c(CN(Cc3cccnc3)Cc3nnnn3C3CCCCC3)cc2c1. The molecule has 3 heterocycles. The van der Waals surface area contributed by atoms with Gasteiger partial charge in [-0.3, -0.25) is 14.7 Å². The van der Waals surface area contributed by atoms with E-state index in [4.69, 9.17) is 4.74 Å². The van der Waals surface area contributed by atoms with E-state index >= 15 is 0 Å². The number of ether oxygens (including phenoxy) is 1. The molecule has 35 heavy (non-hydrogen) atoms. The number of pyridine rings is 2. The molecule has 1 aliphatic carbocycles. The molecule has 0 radical (unpaired) electrons. The fourth-order valence-electron chi connectivity index (χ4n) is 4.89. The van der Waals surface area contributed by atoms with Gasteiger partial charge in [-0.05, 0) is 66.1 Å². The van der Waals surface area contributed by atoms with Crippen molar-refractivity contribution in [3.05, 3.63) is 76.1 Å². The smallest absolute Gasteiger partial charge is 0.252 e. The summed E-state index contributed by atoms with van der Waals surface area (Å²) in [6.07, 6.45) is 9.52. The summed E-state index contributed by atoms with van der Waals surface area (Å²) in [5.41, 5.74) is 2.46. The molecule has 0 amide bonds. The molecule has 1 aromatic carbocycles. The monoisotopic (exact) mass is 473 g/mol. The number of fused-ring (bicyclic) bond motifs is 1. The van der Waals surface area contributed by atoms with E-state index in [2.05, 4.69) is 30.4 Å². The summed E-state index contributed by atoms with van der Waals surface area (Å²) in [5.74, 6) is 1.62. The quantitative estimate of drug-likeness (QED) is 0.392. The van der Waals surface area contributed by atoms with Gasteiger partial charge in [0.2, 0.25) is 0 Å². The fraction of sp³-hybridized carbons (Fsp3) is 0.423. The van der Waals surface area contributed by atoms with Gasteiger partial charge in [0.05, 0.1) is 19.2 Å². The van der Waals surface area contributed by atoms with E-state index in [0.29, 0.717) is 37.8 Å². The molecule has 0 bridgehead atoms. The van der Waals surface area contributed by atoms with Crippen LogP contribution >= 0.6 is 0 Å². The highest BCUT2D eigenvalue weighted by Gasteiger charge is 2.22. The Morgan fingerprint density at radius 2 is 2.00 bits per heavy atom. The third-order valence-corrected chi connectivity index (χ3v) is 6.57. The van der Waals surface area contributed by atoms with Crippen molar-refractivity contribution >= 4 is 10.9 Å². The third-order valence-electron chi connectivity index (χ3n) is 6.57. The lowest BCUT2D eigenvalue weighted by Crippen LogP contribution is -2.29. The van der Waals surface area contributed by atoms with Crippen LogP contribution in [0.1, 0.15) is 62.0 Å². The van der Waals surface area contributed by atoms with E-state index < -0.39 is 0 Å². The Bertz CT molecular complexity index is 1310. The number of tetrazole rings is 1. The molecule has 0 saturated heterocycles. The second-order valence-electron chi connectivity index (χ2n) is 9.14. The zero-order valence-corrected chi connectivity index (χ0v) is 20.1. The van der Waals surface area contributed by atoms with Crippen molar-refractivity contribution in [3.8, 4) is 5.75 Å². The minimum Gasteiger partial charge on any atom is -0.494 e.